The summed E-state index contributed by atoms with van der Waals surface area (Å²) in [5, 5.41) is 4.90. The molecule has 0 spiro atoms. The molecule has 4 rings (SSSR count). The van der Waals surface area contributed by atoms with Crippen molar-refractivity contribution in [2.75, 3.05) is 13.7 Å². The van der Waals surface area contributed by atoms with Crippen LogP contribution < -0.4 is 10.1 Å². The minimum absolute atomic E-state index is 0.00673. The number of nitrogens with one attached hydrogen (secondary N) is 1. The van der Waals surface area contributed by atoms with Crippen molar-refractivity contribution in [1.82, 2.24) is 5.32 Å². The van der Waals surface area contributed by atoms with Crippen molar-refractivity contribution in [1.29, 1.82) is 0 Å². The van der Waals surface area contributed by atoms with Gasteiger partial charge >= 0.3 is 5.97 Å². The molecule has 0 unspecified atom stereocenters. The second-order valence-electron chi connectivity index (χ2n) is 7.19. The monoisotopic (exact) mass is 389 g/mol. The molecule has 0 heterocycles. The van der Waals surface area contributed by atoms with Crippen LogP contribution in [0.25, 0.3) is 10.8 Å². The molecule has 1 amide bonds. The van der Waals surface area contributed by atoms with Gasteiger partial charge in [-0.25, -0.2) is 4.79 Å². The van der Waals surface area contributed by atoms with Crippen LogP contribution in [-0.4, -0.2) is 25.6 Å². The van der Waals surface area contributed by atoms with E-state index in [0.29, 0.717) is 11.3 Å². The van der Waals surface area contributed by atoms with Gasteiger partial charge in [0.1, 0.15) is 11.3 Å². The largest absolute Gasteiger partial charge is 0.483 e. The molecule has 5 nitrogen and oxygen atoms in total. The number of esters is 1. The summed E-state index contributed by atoms with van der Waals surface area (Å²) in [5.41, 5.74) is 2.77. The second kappa shape index (κ2) is 8.35. The summed E-state index contributed by atoms with van der Waals surface area (Å²) < 4.78 is 10.6. The number of rotatable bonds is 5. The van der Waals surface area contributed by atoms with Crippen molar-refractivity contribution in [3.8, 4) is 5.75 Å². The van der Waals surface area contributed by atoms with E-state index in [1.165, 1.54) is 18.2 Å². The molecule has 3 aromatic rings. The van der Waals surface area contributed by atoms with Crippen LogP contribution in [0.2, 0.25) is 0 Å². The smallest absolute Gasteiger partial charge is 0.341 e. The normalized spacial score (nSPS) is 15.4. The first kappa shape index (κ1) is 19.0. The minimum Gasteiger partial charge on any atom is -0.483 e. The summed E-state index contributed by atoms with van der Waals surface area (Å²) in [6.07, 6.45) is 2.99. The number of aryl methyl sites for hydroxylation is 1. The number of carbonyl (C=O) groups excluding carboxylic acids is 2. The zero-order valence-electron chi connectivity index (χ0n) is 16.3. The van der Waals surface area contributed by atoms with Crippen molar-refractivity contribution >= 4 is 22.6 Å². The summed E-state index contributed by atoms with van der Waals surface area (Å²) >= 11 is 0. The average Bonchev–Trinajstić information content (AvgIpc) is 2.76. The zero-order chi connectivity index (χ0) is 20.2. The Balaban J connectivity index is 1.49. The molecular weight excluding hydrogens is 366 g/mol. The molecule has 5 heteroatoms. The van der Waals surface area contributed by atoms with Crippen LogP contribution >= 0.6 is 0 Å². The summed E-state index contributed by atoms with van der Waals surface area (Å²) in [7, 11) is 1.33. The Morgan fingerprint density at radius 2 is 1.76 bits per heavy atom. The highest BCUT2D eigenvalue weighted by Crippen LogP contribution is 2.30. The van der Waals surface area contributed by atoms with Crippen molar-refractivity contribution in [3.63, 3.8) is 0 Å². The lowest BCUT2D eigenvalue weighted by Gasteiger charge is -2.26. The Kier molecular flexibility index (Phi) is 5.47. The van der Waals surface area contributed by atoms with Gasteiger partial charge in [-0.1, -0.05) is 48.5 Å². The molecule has 0 radical (unpaired) electrons. The molecule has 1 aliphatic carbocycles. The lowest BCUT2D eigenvalue weighted by atomic mass is 9.88. The zero-order valence-corrected chi connectivity index (χ0v) is 16.3. The maximum atomic E-state index is 12.6. The van der Waals surface area contributed by atoms with Gasteiger partial charge in [0.2, 0.25) is 0 Å². The van der Waals surface area contributed by atoms with E-state index in [1.807, 2.05) is 36.4 Å². The Labute approximate surface area is 169 Å². The number of benzene rings is 3. The molecule has 148 valence electrons. The maximum Gasteiger partial charge on any atom is 0.341 e. The fourth-order valence-electron chi connectivity index (χ4n) is 3.89. The van der Waals surface area contributed by atoms with Gasteiger partial charge in [0.05, 0.1) is 13.2 Å². The van der Waals surface area contributed by atoms with Gasteiger partial charge in [-0.2, -0.15) is 0 Å². The van der Waals surface area contributed by atoms with E-state index in [4.69, 9.17) is 9.47 Å². The number of hydrogen-bond acceptors (Lipinski definition) is 4. The summed E-state index contributed by atoms with van der Waals surface area (Å²) in [6, 6.07) is 19.4. The van der Waals surface area contributed by atoms with Gasteiger partial charge in [0, 0.05) is 0 Å². The average molecular weight is 389 g/mol. The Hall–Kier alpha value is -3.34. The second-order valence-corrected chi connectivity index (χ2v) is 7.19. The van der Waals surface area contributed by atoms with Crippen LogP contribution in [0.5, 0.6) is 5.75 Å². The third-order valence-electron chi connectivity index (χ3n) is 5.32. The van der Waals surface area contributed by atoms with E-state index < -0.39 is 5.97 Å². The summed E-state index contributed by atoms with van der Waals surface area (Å²) in [5.74, 6) is -0.363. The number of ether oxygens (including phenoxy) is 2. The molecule has 0 saturated heterocycles. The van der Waals surface area contributed by atoms with Gasteiger partial charge in [-0.3, -0.25) is 4.79 Å². The number of amides is 1. The van der Waals surface area contributed by atoms with Crippen LogP contribution in [0, 0.1) is 0 Å². The van der Waals surface area contributed by atoms with Crippen molar-refractivity contribution < 1.29 is 19.1 Å². The SMILES string of the molecule is COC(=O)c1cc2ccccc2cc1OCC(=O)N[C@@H]1CCCc2ccccc21. The van der Waals surface area contributed by atoms with Gasteiger partial charge in [-0.15, -0.1) is 0 Å². The molecule has 0 fully saturated rings. The van der Waals surface area contributed by atoms with Crippen LogP contribution in [-0.2, 0) is 16.0 Å². The van der Waals surface area contributed by atoms with E-state index in [1.54, 1.807) is 12.1 Å². The van der Waals surface area contributed by atoms with Crippen LogP contribution in [0.15, 0.2) is 60.7 Å². The van der Waals surface area contributed by atoms with Gasteiger partial charge in [0.25, 0.3) is 5.91 Å². The van der Waals surface area contributed by atoms with Crippen molar-refractivity contribution in [2.45, 2.75) is 25.3 Å². The van der Waals surface area contributed by atoms with E-state index in [-0.39, 0.29) is 18.6 Å². The molecule has 0 bridgehead atoms. The Morgan fingerprint density at radius 3 is 2.55 bits per heavy atom. The molecule has 1 N–H and O–H groups in total. The molecule has 0 aromatic heterocycles. The number of fused-ring (bicyclic) bond motifs is 2. The first-order valence-electron chi connectivity index (χ1n) is 9.77. The third-order valence-corrected chi connectivity index (χ3v) is 5.32. The summed E-state index contributed by atoms with van der Waals surface area (Å²) in [4.78, 5) is 24.7. The minimum atomic E-state index is -0.493. The highest BCUT2D eigenvalue weighted by Gasteiger charge is 2.22. The van der Waals surface area contributed by atoms with Crippen LogP contribution in [0.3, 0.4) is 0 Å². The molecular formula is C24H23NO4. The quantitative estimate of drug-likeness (QED) is 0.665. The summed E-state index contributed by atoms with van der Waals surface area (Å²) in [6.45, 7) is -0.166. The van der Waals surface area contributed by atoms with E-state index in [0.717, 1.165) is 30.0 Å². The van der Waals surface area contributed by atoms with Crippen LogP contribution in [0.4, 0.5) is 0 Å². The third kappa shape index (κ3) is 4.09. The van der Waals surface area contributed by atoms with Crippen molar-refractivity contribution in [2.24, 2.45) is 0 Å². The number of carbonyl (C=O) groups is 2. The Morgan fingerprint density at radius 1 is 1.03 bits per heavy atom. The molecule has 0 aliphatic heterocycles. The molecule has 29 heavy (non-hydrogen) atoms. The fourth-order valence-corrected chi connectivity index (χ4v) is 3.89. The highest BCUT2D eigenvalue weighted by molar-refractivity contribution is 5.98. The van der Waals surface area contributed by atoms with E-state index in [9.17, 15) is 9.59 Å². The Bertz CT molecular complexity index is 1060. The van der Waals surface area contributed by atoms with Gasteiger partial charge in [-0.05, 0) is 53.3 Å². The van der Waals surface area contributed by atoms with Gasteiger partial charge < -0.3 is 14.8 Å². The molecule has 1 aliphatic rings. The molecule has 1 atom stereocenters. The highest BCUT2D eigenvalue weighted by atomic mass is 16.5. The first-order chi connectivity index (χ1) is 14.2. The topological polar surface area (TPSA) is 64.6 Å². The van der Waals surface area contributed by atoms with E-state index in [2.05, 4.69) is 17.4 Å². The number of methoxy groups -OCH3 is 1. The standard InChI is InChI=1S/C24H23NO4/c1-28-24(27)20-13-17-8-2-3-9-18(17)14-22(20)29-15-23(26)25-21-12-6-10-16-7-4-5-11-19(16)21/h2-5,7-9,11,13-14,21H,6,10,12,15H2,1H3,(H,25,26)/t21-/m1/s1. The number of hydrogen-bond donors (Lipinski definition) is 1. The first-order valence-corrected chi connectivity index (χ1v) is 9.77. The fraction of sp³-hybridized carbons (Fsp3) is 0.250. The lowest BCUT2D eigenvalue weighted by Crippen LogP contribution is -2.34. The molecule has 0 saturated carbocycles. The van der Waals surface area contributed by atoms with Gasteiger partial charge in [0.15, 0.2) is 6.61 Å². The maximum absolute atomic E-state index is 12.6. The predicted octanol–water partition coefficient (Wildman–Crippen LogP) is 4.20. The van der Waals surface area contributed by atoms with Crippen LogP contribution in [0.1, 0.15) is 40.4 Å². The predicted molar refractivity (Wildman–Crippen MR) is 111 cm³/mol. The molecule has 3 aromatic carbocycles. The lowest BCUT2D eigenvalue weighted by molar-refractivity contribution is -0.124. The van der Waals surface area contributed by atoms with E-state index >= 15 is 0 Å². The van der Waals surface area contributed by atoms with Crippen molar-refractivity contribution in [3.05, 3.63) is 77.4 Å².